The molecule has 0 radical (unpaired) electrons. The second-order valence-electron chi connectivity index (χ2n) is 5.21. The highest BCUT2D eigenvalue weighted by atomic mass is 16.5. The lowest BCUT2D eigenvalue weighted by molar-refractivity contribution is 0.508. The normalized spacial score (nSPS) is 14.1. The number of benzene rings is 2. The lowest BCUT2D eigenvalue weighted by Crippen LogP contribution is -2.02. The van der Waals surface area contributed by atoms with Crippen LogP contribution in [-0.4, -0.2) is 0 Å². The van der Waals surface area contributed by atoms with Gasteiger partial charge in [-0.3, -0.25) is 0 Å². The van der Waals surface area contributed by atoms with Crippen molar-refractivity contribution in [2.75, 3.05) is 0 Å². The number of aryl methyl sites for hydroxylation is 1. The molecule has 0 heterocycles. The van der Waals surface area contributed by atoms with E-state index in [1.807, 2.05) is 12.1 Å². The van der Waals surface area contributed by atoms with Gasteiger partial charge in [-0.25, -0.2) is 0 Å². The van der Waals surface area contributed by atoms with Crippen LogP contribution in [0.15, 0.2) is 54.6 Å². The molecule has 2 heteroatoms. The summed E-state index contributed by atoms with van der Waals surface area (Å²) in [6.45, 7) is 0. The van der Waals surface area contributed by atoms with E-state index >= 15 is 0 Å². The summed E-state index contributed by atoms with van der Waals surface area (Å²) in [6.07, 6.45) is 6.73. The van der Waals surface area contributed by atoms with Gasteiger partial charge in [-0.05, 0) is 61.6 Å². The first-order chi connectivity index (χ1) is 10.4. The van der Waals surface area contributed by atoms with Crippen molar-refractivity contribution in [2.24, 2.45) is 0 Å². The molecule has 0 saturated carbocycles. The van der Waals surface area contributed by atoms with Gasteiger partial charge in [0.2, 0.25) is 0 Å². The van der Waals surface area contributed by atoms with Crippen molar-refractivity contribution in [3.05, 3.63) is 71.3 Å². The van der Waals surface area contributed by atoms with E-state index in [0.29, 0.717) is 5.56 Å². The van der Waals surface area contributed by atoms with E-state index < -0.39 is 0 Å². The lowest BCUT2D eigenvalue weighted by atomic mass is 9.96. The number of allylic oxidation sites excluding steroid dienone is 1. The van der Waals surface area contributed by atoms with Crippen molar-refractivity contribution >= 4 is 5.76 Å². The number of ether oxygens (including phenoxy) is 1. The molecule has 0 spiro atoms. The van der Waals surface area contributed by atoms with Gasteiger partial charge < -0.3 is 4.74 Å². The largest absolute Gasteiger partial charge is 0.457 e. The van der Waals surface area contributed by atoms with E-state index in [9.17, 15) is 0 Å². The Morgan fingerprint density at radius 3 is 2.57 bits per heavy atom. The van der Waals surface area contributed by atoms with Crippen molar-refractivity contribution in [1.29, 1.82) is 5.26 Å². The van der Waals surface area contributed by atoms with Crippen LogP contribution in [0.5, 0.6) is 5.75 Å². The highest BCUT2D eigenvalue weighted by molar-refractivity contribution is 5.65. The molecule has 0 unspecified atom stereocenters. The maximum absolute atomic E-state index is 8.85. The van der Waals surface area contributed by atoms with Gasteiger partial charge >= 0.3 is 0 Å². The van der Waals surface area contributed by atoms with Crippen LogP contribution in [0, 0.1) is 11.3 Å². The van der Waals surface area contributed by atoms with E-state index in [1.54, 1.807) is 12.1 Å². The monoisotopic (exact) mass is 275 g/mol. The van der Waals surface area contributed by atoms with Crippen LogP contribution < -0.4 is 4.74 Å². The van der Waals surface area contributed by atoms with E-state index in [-0.39, 0.29) is 0 Å². The summed E-state index contributed by atoms with van der Waals surface area (Å²) in [7, 11) is 0. The second-order valence-corrected chi connectivity index (χ2v) is 5.21. The summed E-state index contributed by atoms with van der Waals surface area (Å²) in [5.41, 5.74) is 3.17. The topological polar surface area (TPSA) is 33.0 Å². The van der Waals surface area contributed by atoms with Gasteiger partial charge in [0.05, 0.1) is 11.6 Å². The van der Waals surface area contributed by atoms with Crippen LogP contribution in [-0.2, 0) is 6.42 Å². The van der Waals surface area contributed by atoms with Gasteiger partial charge in [0.1, 0.15) is 11.5 Å². The van der Waals surface area contributed by atoms with Gasteiger partial charge in [0.15, 0.2) is 0 Å². The molecule has 2 nitrogen and oxygen atoms in total. The zero-order chi connectivity index (χ0) is 14.5. The average Bonchev–Trinajstić information content (AvgIpc) is 2.52. The van der Waals surface area contributed by atoms with E-state index in [0.717, 1.165) is 24.4 Å². The molecule has 1 aliphatic carbocycles. The molecule has 0 atom stereocenters. The summed E-state index contributed by atoms with van der Waals surface area (Å²) in [6, 6.07) is 17.8. The summed E-state index contributed by atoms with van der Waals surface area (Å²) < 4.78 is 6.07. The number of nitrogens with zero attached hydrogens (tertiary/aromatic N) is 1. The van der Waals surface area contributed by atoms with Gasteiger partial charge in [-0.15, -0.1) is 0 Å². The minimum Gasteiger partial charge on any atom is -0.457 e. The zero-order valence-electron chi connectivity index (χ0n) is 11.9. The molecule has 0 N–H and O–H groups in total. The lowest BCUT2D eigenvalue weighted by Gasteiger charge is -2.17. The third-order valence-corrected chi connectivity index (χ3v) is 3.72. The Morgan fingerprint density at radius 1 is 0.952 bits per heavy atom. The van der Waals surface area contributed by atoms with Crippen molar-refractivity contribution in [1.82, 2.24) is 0 Å². The second kappa shape index (κ2) is 6.28. The Hall–Kier alpha value is -2.53. The molecular formula is C19H17NO. The van der Waals surface area contributed by atoms with E-state index in [4.69, 9.17) is 10.00 Å². The highest BCUT2D eigenvalue weighted by Gasteiger charge is 2.12. The smallest absolute Gasteiger partial charge is 0.130 e. The number of rotatable bonds is 2. The number of hydrogen-bond donors (Lipinski definition) is 0. The predicted molar refractivity (Wildman–Crippen MR) is 83.8 cm³/mol. The third kappa shape index (κ3) is 3.14. The SMILES string of the molecule is N#Cc1ccc(OC2=CCCCCc3ccccc32)cc1. The van der Waals surface area contributed by atoms with Crippen LogP contribution in [0.25, 0.3) is 5.76 Å². The first kappa shape index (κ1) is 13.5. The van der Waals surface area contributed by atoms with Crippen molar-refractivity contribution in [2.45, 2.75) is 25.7 Å². The van der Waals surface area contributed by atoms with E-state index in [2.05, 4.69) is 36.4 Å². The fourth-order valence-corrected chi connectivity index (χ4v) is 2.60. The van der Waals surface area contributed by atoms with Gasteiger partial charge in [0.25, 0.3) is 0 Å². The van der Waals surface area contributed by atoms with Crippen molar-refractivity contribution in [3.8, 4) is 11.8 Å². The number of nitriles is 1. The van der Waals surface area contributed by atoms with Crippen molar-refractivity contribution < 1.29 is 4.74 Å². The molecule has 104 valence electrons. The Bertz CT molecular complexity index is 692. The predicted octanol–water partition coefficient (Wildman–Crippen LogP) is 4.70. The van der Waals surface area contributed by atoms with Crippen LogP contribution >= 0.6 is 0 Å². The van der Waals surface area contributed by atoms with Crippen LogP contribution in [0.3, 0.4) is 0 Å². The van der Waals surface area contributed by atoms with Crippen LogP contribution in [0.1, 0.15) is 36.0 Å². The molecule has 2 aromatic rings. The fraction of sp³-hybridized carbons (Fsp3) is 0.211. The standard InChI is InChI=1S/C19H17NO/c20-14-15-10-12-17(13-11-15)21-19-9-3-1-2-6-16-7-4-5-8-18(16)19/h4-5,7-13H,1-3,6H2. The Morgan fingerprint density at radius 2 is 1.76 bits per heavy atom. The quantitative estimate of drug-likeness (QED) is 0.795. The minimum absolute atomic E-state index is 0.648. The van der Waals surface area contributed by atoms with Gasteiger partial charge in [-0.1, -0.05) is 24.3 Å². The maximum atomic E-state index is 8.85. The Labute approximate surface area is 125 Å². The fourth-order valence-electron chi connectivity index (χ4n) is 2.60. The molecule has 2 aromatic carbocycles. The van der Waals surface area contributed by atoms with Crippen molar-refractivity contribution in [3.63, 3.8) is 0 Å². The molecule has 0 bridgehead atoms. The maximum Gasteiger partial charge on any atom is 0.130 e. The highest BCUT2D eigenvalue weighted by Crippen LogP contribution is 2.27. The molecule has 0 aromatic heterocycles. The third-order valence-electron chi connectivity index (χ3n) is 3.72. The Balaban J connectivity index is 1.91. The molecule has 1 aliphatic rings. The van der Waals surface area contributed by atoms with Gasteiger partial charge in [-0.2, -0.15) is 5.26 Å². The molecule has 0 saturated heterocycles. The Kier molecular flexibility index (Phi) is 4.02. The van der Waals surface area contributed by atoms with Gasteiger partial charge in [0, 0.05) is 5.56 Å². The summed E-state index contributed by atoms with van der Waals surface area (Å²) >= 11 is 0. The minimum atomic E-state index is 0.648. The number of fused-ring (bicyclic) bond motifs is 1. The summed E-state index contributed by atoms with van der Waals surface area (Å²) in [5.74, 6) is 1.70. The first-order valence-electron chi connectivity index (χ1n) is 7.33. The summed E-state index contributed by atoms with van der Waals surface area (Å²) in [5, 5.41) is 8.85. The van der Waals surface area contributed by atoms with E-state index in [1.165, 1.54) is 24.0 Å². The number of hydrogen-bond acceptors (Lipinski definition) is 2. The molecular weight excluding hydrogens is 258 g/mol. The zero-order valence-corrected chi connectivity index (χ0v) is 11.9. The molecule has 0 amide bonds. The molecule has 0 fully saturated rings. The van der Waals surface area contributed by atoms with Crippen LogP contribution in [0.4, 0.5) is 0 Å². The first-order valence-corrected chi connectivity index (χ1v) is 7.33. The molecule has 21 heavy (non-hydrogen) atoms. The average molecular weight is 275 g/mol. The molecule has 0 aliphatic heterocycles. The molecule has 3 rings (SSSR count). The van der Waals surface area contributed by atoms with Crippen LogP contribution in [0.2, 0.25) is 0 Å². The summed E-state index contributed by atoms with van der Waals surface area (Å²) in [4.78, 5) is 0.